The SMILES string of the molecule is CC(C)(C)OC(=O)NCC1CCN(C(=O)OC(C)(C)C)CC1C#N. The van der Waals surface area contributed by atoms with Crippen molar-refractivity contribution in [3.63, 3.8) is 0 Å². The van der Waals surface area contributed by atoms with Crippen molar-refractivity contribution < 1.29 is 19.1 Å². The summed E-state index contributed by atoms with van der Waals surface area (Å²) in [6, 6.07) is 2.23. The lowest BCUT2D eigenvalue weighted by atomic mass is 9.86. The molecule has 2 atom stereocenters. The molecule has 0 saturated carbocycles. The van der Waals surface area contributed by atoms with E-state index < -0.39 is 23.4 Å². The van der Waals surface area contributed by atoms with Gasteiger partial charge in [-0.15, -0.1) is 0 Å². The highest BCUT2D eigenvalue weighted by molar-refractivity contribution is 5.68. The Hall–Kier alpha value is -1.97. The average molecular weight is 339 g/mol. The maximum absolute atomic E-state index is 12.1. The van der Waals surface area contributed by atoms with Gasteiger partial charge in [-0.1, -0.05) is 0 Å². The highest BCUT2D eigenvalue weighted by Gasteiger charge is 2.34. The minimum absolute atomic E-state index is 0.0128. The molecule has 1 aliphatic heterocycles. The van der Waals surface area contributed by atoms with E-state index in [1.54, 1.807) is 25.7 Å². The number of amides is 2. The number of piperidine rings is 1. The summed E-state index contributed by atoms with van der Waals surface area (Å²) in [6.45, 7) is 12.0. The molecule has 1 N–H and O–H groups in total. The van der Waals surface area contributed by atoms with Gasteiger partial charge in [0.05, 0.1) is 12.0 Å². The lowest BCUT2D eigenvalue weighted by Crippen LogP contribution is -2.48. The van der Waals surface area contributed by atoms with E-state index in [0.717, 1.165) is 0 Å². The molecule has 1 rings (SSSR count). The molecule has 1 heterocycles. The zero-order chi connectivity index (χ0) is 18.5. The highest BCUT2D eigenvalue weighted by atomic mass is 16.6. The first-order valence-electron chi connectivity index (χ1n) is 8.25. The van der Waals surface area contributed by atoms with Crippen LogP contribution in [-0.4, -0.2) is 47.9 Å². The number of carbonyl (C=O) groups excluding carboxylic acids is 2. The quantitative estimate of drug-likeness (QED) is 0.835. The molecule has 1 saturated heterocycles. The molecule has 0 aromatic rings. The monoisotopic (exact) mass is 339 g/mol. The summed E-state index contributed by atoms with van der Waals surface area (Å²) in [5.41, 5.74) is -1.12. The van der Waals surface area contributed by atoms with Crippen molar-refractivity contribution in [3.8, 4) is 6.07 Å². The number of carbonyl (C=O) groups is 2. The lowest BCUT2D eigenvalue weighted by molar-refractivity contribution is 0.0134. The Morgan fingerprint density at radius 2 is 1.75 bits per heavy atom. The number of likely N-dealkylation sites (tertiary alicyclic amines) is 1. The third kappa shape index (κ3) is 7.07. The number of nitrogens with zero attached hydrogens (tertiary/aromatic N) is 2. The third-order valence-electron chi connectivity index (χ3n) is 3.48. The molecule has 0 aliphatic carbocycles. The van der Waals surface area contributed by atoms with Crippen LogP contribution in [-0.2, 0) is 9.47 Å². The molecule has 136 valence electrons. The first-order chi connectivity index (χ1) is 10.9. The predicted molar refractivity (Wildman–Crippen MR) is 89.3 cm³/mol. The zero-order valence-corrected chi connectivity index (χ0v) is 15.5. The van der Waals surface area contributed by atoms with Gasteiger partial charge < -0.3 is 19.7 Å². The molecule has 24 heavy (non-hydrogen) atoms. The summed E-state index contributed by atoms with van der Waals surface area (Å²) in [4.78, 5) is 25.4. The smallest absolute Gasteiger partial charge is 0.410 e. The fourth-order valence-electron chi connectivity index (χ4n) is 2.41. The Balaban J connectivity index is 2.53. The predicted octanol–water partition coefficient (Wildman–Crippen LogP) is 2.91. The van der Waals surface area contributed by atoms with E-state index in [-0.39, 0.29) is 11.8 Å². The number of nitrogens with one attached hydrogen (secondary N) is 1. The number of hydrogen-bond acceptors (Lipinski definition) is 5. The third-order valence-corrected chi connectivity index (χ3v) is 3.48. The minimum atomic E-state index is -0.561. The Morgan fingerprint density at radius 3 is 2.25 bits per heavy atom. The number of hydrogen-bond donors (Lipinski definition) is 1. The van der Waals surface area contributed by atoms with Crippen molar-refractivity contribution in [1.82, 2.24) is 10.2 Å². The molecular weight excluding hydrogens is 310 g/mol. The summed E-state index contributed by atoms with van der Waals surface area (Å²) in [7, 11) is 0. The number of nitriles is 1. The van der Waals surface area contributed by atoms with E-state index >= 15 is 0 Å². The van der Waals surface area contributed by atoms with Crippen molar-refractivity contribution in [2.45, 2.75) is 59.2 Å². The van der Waals surface area contributed by atoms with Crippen LogP contribution in [0, 0.1) is 23.2 Å². The molecule has 0 aromatic heterocycles. The van der Waals surface area contributed by atoms with Crippen LogP contribution in [0.25, 0.3) is 0 Å². The van der Waals surface area contributed by atoms with Crippen LogP contribution in [0.2, 0.25) is 0 Å². The van der Waals surface area contributed by atoms with Gasteiger partial charge in [-0.25, -0.2) is 9.59 Å². The number of rotatable bonds is 2. The van der Waals surface area contributed by atoms with Gasteiger partial charge in [0.25, 0.3) is 0 Å². The molecule has 1 fully saturated rings. The van der Waals surface area contributed by atoms with Crippen molar-refractivity contribution in [3.05, 3.63) is 0 Å². The van der Waals surface area contributed by atoms with Crippen LogP contribution >= 0.6 is 0 Å². The van der Waals surface area contributed by atoms with Crippen molar-refractivity contribution >= 4 is 12.2 Å². The first-order valence-corrected chi connectivity index (χ1v) is 8.25. The molecule has 0 spiro atoms. The molecule has 2 amide bonds. The summed E-state index contributed by atoms with van der Waals surface area (Å²) in [5, 5.41) is 12.1. The van der Waals surface area contributed by atoms with Crippen LogP contribution in [0.3, 0.4) is 0 Å². The van der Waals surface area contributed by atoms with E-state index in [0.29, 0.717) is 26.1 Å². The largest absolute Gasteiger partial charge is 0.444 e. The molecule has 7 nitrogen and oxygen atoms in total. The minimum Gasteiger partial charge on any atom is -0.444 e. The summed E-state index contributed by atoms with van der Waals surface area (Å²) < 4.78 is 10.5. The molecule has 1 aliphatic rings. The van der Waals surface area contributed by atoms with E-state index in [9.17, 15) is 14.9 Å². The average Bonchev–Trinajstić information content (AvgIpc) is 2.41. The lowest BCUT2D eigenvalue weighted by Gasteiger charge is -2.36. The number of ether oxygens (including phenoxy) is 2. The molecule has 7 heteroatoms. The standard InChI is InChI=1S/C17H29N3O4/c1-16(2,3)23-14(21)19-10-12-7-8-20(11-13(12)9-18)15(22)24-17(4,5)6/h12-13H,7-8,10-11H2,1-6H3,(H,19,21). The van der Waals surface area contributed by atoms with E-state index in [4.69, 9.17) is 9.47 Å². The Labute approximate surface area is 144 Å². The second-order valence-corrected chi connectivity index (χ2v) is 8.09. The Kier molecular flexibility index (Phi) is 6.47. The topological polar surface area (TPSA) is 91.7 Å². The van der Waals surface area contributed by atoms with Crippen molar-refractivity contribution in [2.24, 2.45) is 11.8 Å². The van der Waals surface area contributed by atoms with Crippen LogP contribution in [0.15, 0.2) is 0 Å². The summed E-state index contributed by atoms with van der Waals surface area (Å²) >= 11 is 0. The van der Waals surface area contributed by atoms with Crippen molar-refractivity contribution in [2.75, 3.05) is 19.6 Å². The van der Waals surface area contributed by atoms with Gasteiger partial charge in [-0.2, -0.15) is 5.26 Å². The normalized spacial score (nSPS) is 21.6. The highest BCUT2D eigenvalue weighted by Crippen LogP contribution is 2.24. The Bertz CT molecular complexity index is 499. The maximum atomic E-state index is 12.1. The summed E-state index contributed by atoms with van der Waals surface area (Å²) in [5.74, 6) is -0.359. The van der Waals surface area contributed by atoms with Gasteiger partial charge in [-0.3, -0.25) is 0 Å². The fraction of sp³-hybridized carbons (Fsp3) is 0.824. The maximum Gasteiger partial charge on any atom is 0.410 e. The van der Waals surface area contributed by atoms with Gasteiger partial charge in [0.1, 0.15) is 11.2 Å². The second kappa shape index (κ2) is 7.73. The molecular formula is C17H29N3O4. The number of alkyl carbamates (subject to hydrolysis) is 1. The summed E-state index contributed by atoms with van der Waals surface area (Å²) in [6.07, 6.45) is -0.261. The van der Waals surface area contributed by atoms with Gasteiger partial charge >= 0.3 is 12.2 Å². The van der Waals surface area contributed by atoms with Crippen LogP contribution in [0.1, 0.15) is 48.0 Å². The van der Waals surface area contributed by atoms with E-state index in [1.165, 1.54) is 0 Å². The van der Waals surface area contributed by atoms with Crippen LogP contribution in [0.4, 0.5) is 9.59 Å². The molecule has 0 radical (unpaired) electrons. The fourth-order valence-corrected chi connectivity index (χ4v) is 2.41. The van der Waals surface area contributed by atoms with Gasteiger partial charge in [0, 0.05) is 19.6 Å². The van der Waals surface area contributed by atoms with Crippen LogP contribution < -0.4 is 5.32 Å². The van der Waals surface area contributed by atoms with Crippen molar-refractivity contribution in [1.29, 1.82) is 5.26 Å². The second-order valence-electron chi connectivity index (χ2n) is 8.09. The van der Waals surface area contributed by atoms with Gasteiger partial charge in [0.2, 0.25) is 0 Å². The molecule has 0 bridgehead atoms. The van der Waals surface area contributed by atoms with E-state index in [1.807, 2.05) is 20.8 Å². The molecule has 2 unspecified atom stereocenters. The molecule has 0 aromatic carbocycles. The van der Waals surface area contributed by atoms with E-state index in [2.05, 4.69) is 11.4 Å². The zero-order valence-electron chi connectivity index (χ0n) is 15.5. The Morgan fingerprint density at radius 1 is 1.17 bits per heavy atom. The van der Waals surface area contributed by atoms with Gasteiger partial charge in [-0.05, 0) is 53.9 Å². The first kappa shape index (κ1) is 20.1. The van der Waals surface area contributed by atoms with Crippen LogP contribution in [0.5, 0.6) is 0 Å². The van der Waals surface area contributed by atoms with Gasteiger partial charge in [0.15, 0.2) is 0 Å².